The first-order chi connectivity index (χ1) is 16.0. The molecule has 0 fully saturated rings. The van der Waals surface area contributed by atoms with Crippen molar-refractivity contribution in [2.24, 2.45) is 0 Å². The van der Waals surface area contributed by atoms with Crippen molar-refractivity contribution < 1.29 is 19.0 Å². The van der Waals surface area contributed by atoms with E-state index in [9.17, 15) is 9.90 Å². The van der Waals surface area contributed by atoms with Gasteiger partial charge in [-0.2, -0.15) is 0 Å². The molecule has 0 radical (unpaired) electrons. The molecular weight excluding hydrogens is 421 g/mol. The van der Waals surface area contributed by atoms with Crippen LogP contribution in [-0.4, -0.2) is 26.1 Å². The predicted octanol–water partition coefficient (Wildman–Crippen LogP) is 4.66. The minimum Gasteiger partial charge on any atom is -0.461 e. The van der Waals surface area contributed by atoms with Crippen molar-refractivity contribution >= 4 is 17.0 Å². The van der Waals surface area contributed by atoms with E-state index in [0.29, 0.717) is 17.6 Å². The summed E-state index contributed by atoms with van der Waals surface area (Å²) in [5.74, 6) is -1.54. The Morgan fingerprint density at radius 2 is 1.88 bits per heavy atom. The van der Waals surface area contributed by atoms with Crippen molar-refractivity contribution in [1.82, 2.24) is 15.0 Å². The molecule has 0 spiro atoms. The molecule has 0 saturated carbocycles. The van der Waals surface area contributed by atoms with Gasteiger partial charge in [-0.25, -0.2) is 9.07 Å². The lowest BCUT2D eigenvalue weighted by molar-refractivity contribution is -0.145. The van der Waals surface area contributed by atoms with Gasteiger partial charge in [-0.05, 0) is 47.7 Å². The summed E-state index contributed by atoms with van der Waals surface area (Å²) in [6.45, 7) is 4.36. The number of fused-ring (bicyclic) bond motifs is 1. The van der Waals surface area contributed by atoms with Crippen LogP contribution in [0.5, 0.6) is 0 Å². The number of esters is 1. The van der Waals surface area contributed by atoms with Gasteiger partial charge in [0.1, 0.15) is 12.1 Å². The number of benzene rings is 3. The lowest BCUT2D eigenvalue weighted by Crippen LogP contribution is -2.15. The van der Waals surface area contributed by atoms with Crippen molar-refractivity contribution in [3.8, 4) is 0 Å². The van der Waals surface area contributed by atoms with Crippen LogP contribution >= 0.6 is 0 Å². The Balaban J connectivity index is 1.71. The third kappa shape index (κ3) is 4.64. The molecule has 0 bridgehead atoms. The Bertz CT molecular complexity index is 1270. The van der Waals surface area contributed by atoms with Gasteiger partial charge >= 0.3 is 5.97 Å². The topological polar surface area (TPSA) is 77.2 Å². The first-order valence-electron chi connectivity index (χ1n) is 10.9. The van der Waals surface area contributed by atoms with E-state index in [2.05, 4.69) is 10.3 Å². The van der Waals surface area contributed by atoms with E-state index in [1.165, 1.54) is 0 Å². The summed E-state index contributed by atoms with van der Waals surface area (Å²) in [5.41, 5.74) is 4.31. The average Bonchev–Trinajstić information content (AvgIpc) is 3.27. The third-order valence-corrected chi connectivity index (χ3v) is 5.98. The molecular formula is C26H26FN3O3. The number of carbonyl (C=O) groups is 1. The highest BCUT2D eigenvalue weighted by molar-refractivity contribution is 5.77. The maximum atomic E-state index is 15.7. The Kier molecular flexibility index (Phi) is 6.79. The predicted molar refractivity (Wildman–Crippen MR) is 123 cm³/mol. The number of rotatable bonds is 8. The molecule has 33 heavy (non-hydrogen) atoms. The average molecular weight is 448 g/mol. The Morgan fingerprint density at radius 1 is 1.09 bits per heavy atom. The summed E-state index contributed by atoms with van der Waals surface area (Å²) in [4.78, 5) is 12.8. The van der Waals surface area contributed by atoms with Crippen molar-refractivity contribution in [2.75, 3.05) is 0 Å². The number of hydrogen-bond donors (Lipinski definition) is 1. The van der Waals surface area contributed by atoms with E-state index in [-0.39, 0.29) is 25.2 Å². The van der Waals surface area contributed by atoms with Crippen LogP contribution in [0, 0.1) is 12.7 Å². The maximum absolute atomic E-state index is 15.7. The molecule has 3 aromatic carbocycles. The number of hydrogen-bond acceptors (Lipinski definition) is 5. The first-order valence-corrected chi connectivity index (χ1v) is 10.9. The fourth-order valence-corrected chi connectivity index (χ4v) is 4.13. The normalized spacial score (nSPS) is 12.1. The van der Waals surface area contributed by atoms with Crippen molar-refractivity contribution in [2.45, 2.75) is 45.9 Å². The summed E-state index contributed by atoms with van der Waals surface area (Å²) in [6, 6.07) is 18.4. The number of nitrogens with zero attached hydrogens (tertiary/aromatic N) is 3. The summed E-state index contributed by atoms with van der Waals surface area (Å²) in [7, 11) is 0. The maximum Gasteiger partial charge on any atom is 0.307 e. The largest absolute Gasteiger partial charge is 0.461 e. The van der Waals surface area contributed by atoms with Crippen LogP contribution in [0.25, 0.3) is 11.0 Å². The number of carbonyl (C=O) groups excluding carboxylic acids is 1. The molecule has 170 valence electrons. The molecule has 1 N–H and O–H groups in total. The molecule has 0 saturated heterocycles. The fourth-order valence-electron chi connectivity index (χ4n) is 4.13. The van der Waals surface area contributed by atoms with E-state index >= 15 is 4.39 Å². The van der Waals surface area contributed by atoms with Crippen LogP contribution in [-0.2, 0) is 29.3 Å². The summed E-state index contributed by atoms with van der Waals surface area (Å²) in [6.07, 6.45) is -0.0487. The van der Waals surface area contributed by atoms with E-state index in [1.807, 2.05) is 56.3 Å². The second kappa shape index (κ2) is 9.92. The minimum atomic E-state index is -0.601. The SMILES string of the molecule is CCn1nnc2c(F)c(C(CC(=O)OCc3ccccc3)c3cccc(CO)c3C)ccc21. The van der Waals surface area contributed by atoms with Gasteiger partial charge in [0.25, 0.3) is 0 Å². The number of aliphatic hydroxyl groups excluding tert-OH is 1. The van der Waals surface area contributed by atoms with Crippen LogP contribution < -0.4 is 0 Å². The number of aryl methyl sites for hydroxylation is 1. The monoisotopic (exact) mass is 447 g/mol. The van der Waals surface area contributed by atoms with Gasteiger partial charge in [0, 0.05) is 12.5 Å². The molecule has 0 amide bonds. The summed E-state index contributed by atoms with van der Waals surface area (Å²) < 4.78 is 22.8. The van der Waals surface area contributed by atoms with Crippen LogP contribution in [0.2, 0.25) is 0 Å². The fraction of sp³-hybridized carbons (Fsp3) is 0.269. The second-order valence-corrected chi connectivity index (χ2v) is 7.93. The van der Waals surface area contributed by atoms with Crippen molar-refractivity contribution in [3.63, 3.8) is 0 Å². The number of aromatic nitrogens is 3. The second-order valence-electron chi connectivity index (χ2n) is 7.93. The zero-order valence-electron chi connectivity index (χ0n) is 18.7. The molecule has 0 aliphatic rings. The van der Waals surface area contributed by atoms with E-state index < -0.39 is 17.7 Å². The molecule has 4 rings (SSSR count). The Morgan fingerprint density at radius 3 is 2.61 bits per heavy atom. The van der Waals surface area contributed by atoms with Crippen molar-refractivity contribution in [3.05, 3.63) is 94.3 Å². The standard InChI is InChI=1S/C26H26FN3O3/c1-3-30-23-13-12-21(25(27)26(23)28-29-30)22(20-11-7-10-19(15-31)17(20)2)14-24(32)33-16-18-8-5-4-6-9-18/h4-13,22,31H,3,14-16H2,1-2H3. The van der Waals surface area contributed by atoms with E-state index in [1.54, 1.807) is 22.9 Å². The molecule has 6 nitrogen and oxygen atoms in total. The zero-order chi connectivity index (χ0) is 23.4. The van der Waals surface area contributed by atoms with E-state index in [4.69, 9.17) is 4.74 Å². The Hall–Kier alpha value is -3.58. The van der Waals surface area contributed by atoms with Crippen LogP contribution in [0.4, 0.5) is 4.39 Å². The molecule has 0 aliphatic heterocycles. The molecule has 4 aromatic rings. The van der Waals surface area contributed by atoms with Gasteiger partial charge in [-0.3, -0.25) is 4.79 Å². The third-order valence-electron chi connectivity index (χ3n) is 5.98. The zero-order valence-corrected chi connectivity index (χ0v) is 18.7. The number of ether oxygens (including phenoxy) is 1. The molecule has 0 aliphatic carbocycles. The smallest absolute Gasteiger partial charge is 0.307 e. The lowest BCUT2D eigenvalue weighted by Gasteiger charge is -2.21. The molecule has 7 heteroatoms. The highest BCUT2D eigenvalue weighted by atomic mass is 19.1. The summed E-state index contributed by atoms with van der Waals surface area (Å²) in [5, 5.41) is 17.8. The number of halogens is 1. The van der Waals surface area contributed by atoms with E-state index in [0.717, 1.165) is 22.3 Å². The lowest BCUT2D eigenvalue weighted by atomic mass is 9.84. The summed E-state index contributed by atoms with van der Waals surface area (Å²) >= 11 is 0. The molecule has 1 heterocycles. The number of aliphatic hydroxyl groups is 1. The van der Waals surface area contributed by atoms with Gasteiger partial charge < -0.3 is 9.84 Å². The molecule has 1 unspecified atom stereocenters. The van der Waals surface area contributed by atoms with Gasteiger partial charge in [0.05, 0.1) is 18.5 Å². The van der Waals surface area contributed by atoms with Gasteiger partial charge in [-0.1, -0.05) is 59.8 Å². The quantitative estimate of drug-likeness (QED) is 0.398. The molecule has 1 aromatic heterocycles. The highest BCUT2D eigenvalue weighted by Crippen LogP contribution is 2.35. The first kappa shape index (κ1) is 22.6. The van der Waals surface area contributed by atoms with Gasteiger partial charge in [0.15, 0.2) is 5.82 Å². The Labute approximate surface area is 191 Å². The van der Waals surface area contributed by atoms with Crippen molar-refractivity contribution in [1.29, 1.82) is 0 Å². The van der Waals surface area contributed by atoms with Crippen LogP contribution in [0.15, 0.2) is 60.7 Å². The molecule has 1 atom stereocenters. The highest BCUT2D eigenvalue weighted by Gasteiger charge is 2.26. The van der Waals surface area contributed by atoms with Gasteiger partial charge in [-0.15, -0.1) is 5.10 Å². The minimum absolute atomic E-state index is 0.0487. The van der Waals surface area contributed by atoms with Crippen LogP contribution in [0.1, 0.15) is 47.1 Å². The van der Waals surface area contributed by atoms with Crippen LogP contribution in [0.3, 0.4) is 0 Å². The van der Waals surface area contributed by atoms with Gasteiger partial charge in [0.2, 0.25) is 0 Å².